The number of benzene rings is 2. The Morgan fingerprint density at radius 2 is 1.59 bits per heavy atom. The fourth-order valence-electron chi connectivity index (χ4n) is 1.75. The van der Waals surface area contributed by atoms with Crippen molar-refractivity contribution in [2.75, 3.05) is 5.73 Å². The highest BCUT2D eigenvalue weighted by Gasteiger charge is 2.02. The van der Waals surface area contributed by atoms with Crippen molar-refractivity contribution < 1.29 is 4.74 Å². The van der Waals surface area contributed by atoms with E-state index in [2.05, 4.69) is 0 Å². The summed E-state index contributed by atoms with van der Waals surface area (Å²) in [6.45, 7) is 4.03. The average Bonchev–Trinajstić information content (AvgIpc) is 2.30. The van der Waals surface area contributed by atoms with Crippen LogP contribution >= 0.6 is 0 Å². The molecule has 0 heterocycles. The predicted molar refractivity (Wildman–Crippen MR) is 72.1 cm³/mol. The molecular formula is C15H17NO. The Morgan fingerprint density at radius 1 is 0.941 bits per heavy atom. The number of hydrogen-bond acceptors (Lipinski definition) is 2. The number of hydrogen-bond donors (Lipinski definition) is 1. The van der Waals surface area contributed by atoms with E-state index in [1.807, 2.05) is 62.4 Å². The van der Waals surface area contributed by atoms with Crippen LogP contribution in [0.25, 0.3) is 11.1 Å². The van der Waals surface area contributed by atoms with Crippen molar-refractivity contribution in [1.29, 1.82) is 0 Å². The molecule has 0 amide bonds. The maximum absolute atomic E-state index is 5.94. The van der Waals surface area contributed by atoms with Crippen LogP contribution in [0.1, 0.15) is 13.8 Å². The highest BCUT2D eigenvalue weighted by Crippen LogP contribution is 2.27. The zero-order chi connectivity index (χ0) is 12.3. The van der Waals surface area contributed by atoms with Crippen molar-refractivity contribution in [2.24, 2.45) is 0 Å². The first kappa shape index (κ1) is 11.5. The van der Waals surface area contributed by atoms with Crippen LogP contribution in [0.4, 0.5) is 5.69 Å². The summed E-state index contributed by atoms with van der Waals surface area (Å²) in [6.07, 6.45) is 0.197. The SMILES string of the molecule is CC(C)Oc1ccc(-c2ccccc2N)cc1. The van der Waals surface area contributed by atoms with Crippen LogP contribution in [0.2, 0.25) is 0 Å². The second kappa shape index (κ2) is 4.91. The normalized spacial score (nSPS) is 10.5. The Bertz CT molecular complexity index is 489. The Morgan fingerprint density at radius 3 is 2.18 bits per heavy atom. The van der Waals surface area contributed by atoms with Gasteiger partial charge in [-0.05, 0) is 37.6 Å². The molecule has 0 radical (unpaired) electrons. The minimum atomic E-state index is 0.197. The maximum Gasteiger partial charge on any atom is 0.119 e. The second-order valence-electron chi connectivity index (χ2n) is 4.28. The van der Waals surface area contributed by atoms with E-state index in [9.17, 15) is 0 Å². The van der Waals surface area contributed by atoms with Gasteiger partial charge in [0.2, 0.25) is 0 Å². The molecule has 88 valence electrons. The van der Waals surface area contributed by atoms with Gasteiger partial charge in [-0.15, -0.1) is 0 Å². The fraction of sp³-hybridized carbons (Fsp3) is 0.200. The molecule has 0 aliphatic rings. The van der Waals surface area contributed by atoms with Gasteiger partial charge in [0.05, 0.1) is 6.10 Å². The minimum absolute atomic E-state index is 0.197. The van der Waals surface area contributed by atoms with Gasteiger partial charge in [0, 0.05) is 11.3 Å². The summed E-state index contributed by atoms with van der Waals surface area (Å²) in [5.41, 5.74) is 8.91. The average molecular weight is 227 g/mol. The summed E-state index contributed by atoms with van der Waals surface area (Å²) in [6, 6.07) is 15.9. The molecule has 0 aliphatic carbocycles. The number of anilines is 1. The molecule has 17 heavy (non-hydrogen) atoms. The van der Waals surface area contributed by atoms with Crippen molar-refractivity contribution in [3.63, 3.8) is 0 Å². The van der Waals surface area contributed by atoms with E-state index < -0.39 is 0 Å². The molecular weight excluding hydrogens is 210 g/mol. The first-order chi connectivity index (χ1) is 8.16. The topological polar surface area (TPSA) is 35.2 Å². The largest absolute Gasteiger partial charge is 0.491 e. The number of ether oxygens (including phenoxy) is 1. The lowest BCUT2D eigenvalue weighted by Gasteiger charge is -2.10. The zero-order valence-electron chi connectivity index (χ0n) is 10.2. The number of nitrogens with two attached hydrogens (primary N) is 1. The third-order valence-electron chi connectivity index (χ3n) is 2.50. The molecule has 0 atom stereocenters. The zero-order valence-corrected chi connectivity index (χ0v) is 10.2. The first-order valence-corrected chi connectivity index (χ1v) is 5.78. The second-order valence-corrected chi connectivity index (χ2v) is 4.28. The van der Waals surface area contributed by atoms with Gasteiger partial charge in [0.25, 0.3) is 0 Å². The minimum Gasteiger partial charge on any atom is -0.491 e. The summed E-state index contributed by atoms with van der Waals surface area (Å²) >= 11 is 0. The third-order valence-corrected chi connectivity index (χ3v) is 2.50. The molecule has 0 unspecified atom stereocenters. The van der Waals surface area contributed by atoms with E-state index >= 15 is 0 Å². The molecule has 0 saturated carbocycles. The lowest BCUT2D eigenvalue weighted by molar-refractivity contribution is 0.242. The molecule has 2 heteroatoms. The maximum atomic E-state index is 5.94. The number of rotatable bonds is 3. The molecule has 0 saturated heterocycles. The van der Waals surface area contributed by atoms with Crippen LogP contribution in [0.3, 0.4) is 0 Å². The van der Waals surface area contributed by atoms with Gasteiger partial charge in [-0.3, -0.25) is 0 Å². The molecule has 0 aromatic heterocycles. The molecule has 2 nitrogen and oxygen atoms in total. The van der Waals surface area contributed by atoms with Crippen LogP contribution in [-0.2, 0) is 0 Å². The number of para-hydroxylation sites is 1. The fourth-order valence-corrected chi connectivity index (χ4v) is 1.75. The number of nitrogen functional groups attached to an aromatic ring is 1. The van der Waals surface area contributed by atoms with E-state index in [4.69, 9.17) is 10.5 Å². The van der Waals surface area contributed by atoms with Crippen LogP contribution in [0, 0.1) is 0 Å². The smallest absolute Gasteiger partial charge is 0.119 e. The van der Waals surface area contributed by atoms with Crippen molar-refractivity contribution in [3.05, 3.63) is 48.5 Å². The van der Waals surface area contributed by atoms with Crippen molar-refractivity contribution in [2.45, 2.75) is 20.0 Å². The summed E-state index contributed by atoms with van der Waals surface area (Å²) in [5.74, 6) is 0.887. The van der Waals surface area contributed by atoms with E-state index in [1.54, 1.807) is 0 Å². The Hall–Kier alpha value is -1.96. The van der Waals surface area contributed by atoms with Crippen LogP contribution < -0.4 is 10.5 Å². The molecule has 0 bridgehead atoms. The Balaban J connectivity index is 2.27. The van der Waals surface area contributed by atoms with Crippen molar-refractivity contribution in [3.8, 4) is 16.9 Å². The van der Waals surface area contributed by atoms with E-state index in [0.29, 0.717) is 0 Å². The summed E-state index contributed by atoms with van der Waals surface area (Å²) in [5, 5.41) is 0. The Labute approximate surface area is 102 Å². The van der Waals surface area contributed by atoms with Gasteiger partial charge in [0.15, 0.2) is 0 Å². The first-order valence-electron chi connectivity index (χ1n) is 5.78. The van der Waals surface area contributed by atoms with Gasteiger partial charge < -0.3 is 10.5 Å². The standard InChI is InChI=1S/C15H17NO/c1-11(2)17-13-9-7-12(8-10-13)14-5-3-4-6-15(14)16/h3-11H,16H2,1-2H3. The van der Waals surface area contributed by atoms with Crippen LogP contribution in [0.5, 0.6) is 5.75 Å². The van der Waals surface area contributed by atoms with Gasteiger partial charge in [-0.2, -0.15) is 0 Å². The molecule has 0 spiro atoms. The van der Waals surface area contributed by atoms with E-state index in [1.165, 1.54) is 0 Å². The molecule has 2 rings (SSSR count). The Kier molecular flexibility index (Phi) is 3.33. The van der Waals surface area contributed by atoms with Crippen LogP contribution in [-0.4, -0.2) is 6.10 Å². The van der Waals surface area contributed by atoms with Crippen molar-refractivity contribution in [1.82, 2.24) is 0 Å². The van der Waals surface area contributed by atoms with Gasteiger partial charge >= 0.3 is 0 Å². The molecule has 0 aliphatic heterocycles. The van der Waals surface area contributed by atoms with Gasteiger partial charge in [-0.1, -0.05) is 30.3 Å². The summed E-state index contributed by atoms with van der Waals surface area (Å²) in [4.78, 5) is 0. The molecule has 2 N–H and O–H groups in total. The third kappa shape index (κ3) is 2.78. The van der Waals surface area contributed by atoms with Crippen LogP contribution in [0.15, 0.2) is 48.5 Å². The van der Waals surface area contributed by atoms with Gasteiger partial charge in [0.1, 0.15) is 5.75 Å². The molecule has 2 aromatic rings. The molecule has 0 fully saturated rings. The molecule has 2 aromatic carbocycles. The monoisotopic (exact) mass is 227 g/mol. The van der Waals surface area contributed by atoms with Crippen molar-refractivity contribution >= 4 is 5.69 Å². The summed E-state index contributed by atoms with van der Waals surface area (Å²) < 4.78 is 5.60. The lowest BCUT2D eigenvalue weighted by Crippen LogP contribution is -2.05. The lowest BCUT2D eigenvalue weighted by atomic mass is 10.0. The summed E-state index contributed by atoms with van der Waals surface area (Å²) in [7, 11) is 0. The quantitative estimate of drug-likeness (QED) is 0.811. The van der Waals surface area contributed by atoms with E-state index in [-0.39, 0.29) is 6.10 Å². The predicted octanol–water partition coefficient (Wildman–Crippen LogP) is 3.72. The van der Waals surface area contributed by atoms with E-state index in [0.717, 1.165) is 22.6 Å². The highest BCUT2D eigenvalue weighted by atomic mass is 16.5. The van der Waals surface area contributed by atoms with Gasteiger partial charge in [-0.25, -0.2) is 0 Å². The highest BCUT2D eigenvalue weighted by molar-refractivity contribution is 5.76.